The molecule has 0 N–H and O–H groups in total. The van der Waals surface area contributed by atoms with Crippen LogP contribution in [0.15, 0.2) is 97.1 Å². The predicted molar refractivity (Wildman–Crippen MR) is 111 cm³/mol. The van der Waals surface area contributed by atoms with E-state index in [0.29, 0.717) is 0 Å². The van der Waals surface area contributed by atoms with Crippen molar-refractivity contribution in [2.75, 3.05) is 0 Å². The first-order valence-electron chi connectivity index (χ1n) is 8.66. The average Bonchev–Trinajstić information content (AvgIpc) is 3.02. The zero-order valence-corrected chi connectivity index (χ0v) is 14.8. The minimum Gasteiger partial charge on any atom is -0.309 e. The van der Waals surface area contributed by atoms with Crippen LogP contribution in [-0.4, -0.2) is 4.57 Å². The number of rotatable bonds is 2. The summed E-state index contributed by atoms with van der Waals surface area (Å²) in [6.45, 7) is 0. The van der Waals surface area contributed by atoms with Crippen LogP contribution in [0.2, 0.25) is 5.02 Å². The van der Waals surface area contributed by atoms with E-state index < -0.39 is 0 Å². The molecule has 0 amide bonds. The first-order valence-corrected chi connectivity index (χ1v) is 9.04. The third-order valence-corrected chi connectivity index (χ3v) is 5.08. The van der Waals surface area contributed by atoms with E-state index in [4.69, 9.17) is 11.6 Å². The number of benzene rings is 4. The largest absolute Gasteiger partial charge is 0.309 e. The highest BCUT2D eigenvalue weighted by Gasteiger charge is 2.12. The van der Waals surface area contributed by atoms with Gasteiger partial charge >= 0.3 is 0 Å². The smallest absolute Gasteiger partial charge is 0.0547 e. The van der Waals surface area contributed by atoms with Gasteiger partial charge in [-0.3, -0.25) is 0 Å². The summed E-state index contributed by atoms with van der Waals surface area (Å²) in [5.41, 5.74) is 5.89. The molecular formula is C24H16ClN. The molecule has 1 aromatic heterocycles. The maximum absolute atomic E-state index is 6.20. The minimum absolute atomic E-state index is 0.756. The van der Waals surface area contributed by atoms with Crippen LogP contribution in [0.25, 0.3) is 38.6 Å². The molecule has 0 radical (unpaired) electrons. The number of para-hydroxylation sites is 2. The minimum atomic E-state index is 0.756. The highest BCUT2D eigenvalue weighted by atomic mass is 35.5. The van der Waals surface area contributed by atoms with Gasteiger partial charge < -0.3 is 4.57 Å². The number of fused-ring (bicyclic) bond motifs is 3. The van der Waals surface area contributed by atoms with Crippen molar-refractivity contribution in [1.29, 1.82) is 0 Å². The number of aromatic nitrogens is 1. The lowest BCUT2D eigenvalue weighted by atomic mass is 10.0. The van der Waals surface area contributed by atoms with Gasteiger partial charge in [-0.05, 0) is 47.5 Å². The van der Waals surface area contributed by atoms with E-state index in [2.05, 4.69) is 83.4 Å². The van der Waals surface area contributed by atoms with E-state index in [1.54, 1.807) is 0 Å². The molecule has 2 heteroatoms. The van der Waals surface area contributed by atoms with E-state index in [1.165, 1.54) is 33.1 Å². The van der Waals surface area contributed by atoms with Gasteiger partial charge in [0.1, 0.15) is 0 Å². The van der Waals surface area contributed by atoms with Crippen LogP contribution in [0.4, 0.5) is 0 Å². The van der Waals surface area contributed by atoms with Crippen molar-refractivity contribution in [3.63, 3.8) is 0 Å². The summed E-state index contributed by atoms with van der Waals surface area (Å²) in [7, 11) is 0. The lowest BCUT2D eigenvalue weighted by Gasteiger charge is -2.09. The molecule has 0 aliphatic heterocycles. The molecule has 0 saturated carbocycles. The van der Waals surface area contributed by atoms with Gasteiger partial charge in [-0.25, -0.2) is 0 Å². The van der Waals surface area contributed by atoms with E-state index >= 15 is 0 Å². The molecule has 1 heterocycles. The van der Waals surface area contributed by atoms with Gasteiger partial charge in [0.2, 0.25) is 0 Å². The first-order chi connectivity index (χ1) is 12.8. The van der Waals surface area contributed by atoms with E-state index in [9.17, 15) is 0 Å². The molecule has 26 heavy (non-hydrogen) atoms. The maximum atomic E-state index is 6.20. The molecule has 0 saturated heterocycles. The maximum Gasteiger partial charge on any atom is 0.0547 e. The molecule has 5 aromatic rings. The van der Waals surface area contributed by atoms with E-state index in [1.807, 2.05) is 18.2 Å². The Labute approximate surface area is 157 Å². The van der Waals surface area contributed by atoms with Crippen LogP contribution in [0.1, 0.15) is 0 Å². The lowest BCUT2D eigenvalue weighted by Crippen LogP contribution is -1.93. The van der Waals surface area contributed by atoms with E-state index in [0.717, 1.165) is 10.6 Å². The Hall–Kier alpha value is -3.03. The van der Waals surface area contributed by atoms with Crippen LogP contribution >= 0.6 is 11.6 Å². The molecule has 0 aliphatic rings. The first kappa shape index (κ1) is 15.2. The van der Waals surface area contributed by atoms with Crippen molar-refractivity contribution in [2.45, 2.75) is 0 Å². The lowest BCUT2D eigenvalue weighted by molar-refractivity contribution is 1.18. The zero-order valence-electron chi connectivity index (χ0n) is 14.1. The molecule has 0 unspecified atom stereocenters. The fourth-order valence-electron chi connectivity index (χ4n) is 3.67. The number of halogens is 1. The van der Waals surface area contributed by atoms with Gasteiger partial charge in [-0.1, -0.05) is 72.3 Å². The van der Waals surface area contributed by atoms with Crippen molar-refractivity contribution in [3.8, 4) is 16.8 Å². The van der Waals surface area contributed by atoms with Crippen molar-refractivity contribution in [2.24, 2.45) is 0 Å². The molecule has 124 valence electrons. The van der Waals surface area contributed by atoms with Gasteiger partial charge in [0.15, 0.2) is 0 Å². The molecule has 0 atom stereocenters. The normalized spacial score (nSPS) is 11.3. The fraction of sp³-hybridized carbons (Fsp3) is 0. The Kier molecular flexibility index (Phi) is 3.55. The summed E-state index contributed by atoms with van der Waals surface area (Å²) in [4.78, 5) is 0. The average molecular weight is 354 g/mol. The topological polar surface area (TPSA) is 4.93 Å². The number of hydrogen-bond acceptors (Lipinski definition) is 0. The quantitative estimate of drug-likeness (QED) is 0.319. The molecule has 1 nitrogen and oxygen atoms in total. The third-order valence-electron chi connectivity index (χ3n) is 4.85. The van der Waals surface area contributed by atoms with Crippen LogP contribution in [0.5, 0.6) is 0 Å². The third kappa shape index (κ3) is 2.40. The molecule has 0 aliphatic carbocycles. The summed E-state index contributed by atoms with van der Waals surface area (Å²) in [5, 5.41) is 3.28. The summed E-state index contributed by atoms with van der Waals surface area (Å²) in [6.07, 6.45) is 0. The Morgan fingerprint density at radius 1 is 0.538 bits per heavy atom. The molecule has 0 bridgehead atoms. The van der Waals surface area contributed by atoms with E-state index in [-0.39, 0.29) is 0 Å². The monoisotopic (exact) mass is 353 g/mol. The summed E-state index contributed by atoms with van der Waals surface area (Å²) in [5.74, 6) is 0. The Morgan fingerprint density at radius 3 is 2.12 bits per heavy atom. The molecule has 0 spiro atoms. The van der Waals surface area contributed by atoms with Crippen molar-refractivity contribution >= 4 is 33.4 Å². The summed E-state index contributed by atoms with van der Waals surface area (Å²) >= 11 is 6.20. The number of hydrogen-bond donors (Lipinski definition) is 0. The van der Waals surface area contributed by atoms with Gasteiger partial charge in [-0.2, -0.15) is 0 Å². The highest BCUT2D eigenvalue weighted by Crippen LogP contribution is 2.34. The van der Waals surface area contributed by atoms with Crippen LogP contribution in [0, 0.1) is 0 Å². The fourth-order valence-corrected chi connectivity index (χ4v) is 3.86. The second kappa shape index (κ2) is 6.05. The van der Waals surface area contributed by atoms with Gasteiger partial charge in [0.25, 0.3) is 0 Å². The molecule has 4 aromatic carbocycles. The Balaban J connectivity index is 1.86. The predicted octanol–water partition coefficient (Wildman–Crippen LogP) is 7.10. The molecular weight excluding hydrogens is 338 g/mol. The Bertz CT molecular complexity index is 1240. The number of nitrogens with zero attached hydrogens (tertiary/aromatic N) is 1. The molecule has 0 fully saturated rings. The van der Waals surface area contributed by atoms with Crippen LogP contribution in [0.3, 0.4) is 0 Å². The summed E-state index contributed by atoms with van der Waals surface area (Å²) in [6, 6.07) is 33.7. The van der Waals surface area contributed by atoms with Gasteiger partial charge in [0, 0.05) is 21.5 Å². The summed E-state index contributed by atoms with van der Waals surface area (Å²) < 4.78 is 2.33. The van der Waals surface area contributed by atoms with Crippen molar-refractivity contribution in [1.82, 2.24) is 4.57 Å². The van der Waals surface area contributed by atoms with Crippen LogP contribution in [-0.2, 0) is 0 Å². The van der Waals surface area contributed by atoms with Crippen molar-refractivity contribution < 1.29 is 0 Å². The molecule has 5 rings (SSSR count). The van der Waals surface area contributed by atoms with Gasteiger partial charge in [0.05, 0.1) is 11.0 Å². The SMILES string of the molecule is Clc1cccc(-c2ccc3c4ccccc4n(-c4ccccc4)c3c2)c1. The van der Waals surface area contributed by atoms with Crippen LogP contribution < -0.4 is 0 Å². The standard InChI is InChI=1S/C24H16ClN/c25-19-8-6-7-17(15-19)18-13-14-22-21-11-4-5-12-23(21)26(24(22)16-18)20-9-2-1-3-10-20/h1-16H. The van der Waals surface area contributed by atoms with Gasteiger partial charge in [-0.15, -0.1) is 0 Å². The second-order valence-electron chi connectivity index (χ2n) is 6.43. The second-order valence-corrected chi connectivity index (χ2v) is 6.87. The Morgan fingerprint density at radius 2 is 1.27 bits per heavy atom. The zero-order chi connectivity index (χ0) is 17.5. The van der Waals surface area contributed by atoms with Crippen molar-refractivity contribution in [3.05, 3.63) is 102 Å². The highest BCUT2D eigenvalue weighted by molar-refractivity contribution is 6.30.